The third-order valence-corrected chi connectivity index (χ3v) is 5.54. The summed E-state index contributed by atoms with van der Waals surface area (Å²) >= 11 is 0. The van der Waals surface area contributed by atoms with E-state index in [9.17, 15) is 14.0 Å². The van der Waals surface area contributed by atoms with Gasteiger partial charge in [-0.05, 0) is 18.2 Å². The minimum atomic E-state index is -0.660. The summed E-state index contributed by atoms with van der Waals surface area (Å²) in [6, 6.07) is 14.0. The van der Waals surface area contributed by atoms with E-state index >= 15 is 0 Å². The van der Waals surface area contributed by atoms with E-state index in [1.54, 1.807) is 18.5 Å². The molecule has 0 unspecified atom stereocenters. The molecule has 0 radical (unpaired) electrons. The van der Waals surface area contributed by atoms with Crippen molar-refractivity contribution in [3.8, 4) is 6.07 Å². The quantitative estimate of drug-likeness (QED) is 0.502. The molecule has 30 heavy (non-hydrogen) atoms. The average molecular weight is 401 g/mol. The van der Waals surface area contributed by atoms with E-state index in [1.807, 2.05) is 24.3 Å². The van der Waals surface area contributed by atoms with E-state index in [-0.39, 0.29) is 5.52 Å². The fourth-order valence-corrected chi connectivity index (χ4v) is 4.16. The van der Waals surface area contributed by atoms with Crippen molar-refractivity contribution in [1.29, 1.82) is 5.26 Å². The fourth-order valence-electron chi connectivity index (χ4n) is 4.16. The second kappa shape index (κ2) is 7.23. The van der Waals surface area contributed by atoms with Gasteiger partial charge in [-0.1, -0.05) is 18.2 Å². The summed E-state index contributed by atoms with van der Waals surface area (Å²) in [5, 5.41) is 11.0. The van der Waals surface area contributed by atoms with Crippen LogP contribution in [0.5, 0.6) is 0 Å². The Balaban J connectivity index is 1.48. The van der Waals surface area contributed by atoms with E-state index < -0.39 is 11.6 Å². The van der Waals surface area contributed by atoms with Gasteiger partial charge in [0.05, 0.1) is 16.8 Å². The molecule has 0 N–H and O–H groups in total. The predicted molar refractivity (Wildman–Crippen MR) is 113 cm³/mol. The number of rotatable bonds is 2. The zero-order valence-electron chi connectivity index (χ0n) is 16.0. The first kappa shape index (κ1) is 18.3. The molecule has 0 atom stereocenters. The molecular weight excluding hydrogens is 384 g/mol. The molecule has 5 nitrogen and oxygen atoms in total. The third kappa shape index (κ3) is 2.98. The summed E-state index contributed by atoms with van der Waals surface area (Å²) in [6.45, 7) is 2.64. The lowest BCUT2D eigenvalue weighted by molar-refractivity contribution is 0.590. The first-order valence-corrected chi connectivity index (χ1v) is 9.67. The molecule has 0 amide bonds. The van der Waals surface area contributed by atoms with Crippen LogP contribution in [0.3, 0.4) is 0 Å². The van der Waals surface area contributed by atoms with Crippen molar-refractivity contribution in [3.63, 3.8) is 0 Å². The molecule has 2 aromatic heterocycles. The molecule has 3 heterocycles. The predicted octanol–water partition coefficient (Wildman–Crippen LogP) is 4.26. The molecule has 1 saturated heterocycles. The highest BCUT2D eigenvalue weighted by molar-refractivity contribution is 5.95. The standard InChI is InChI=1S/C23H17F2N5/c24-16-11-18-21(5-6-27-22(18)19(25)12-16)29-7-9-30(10-8-29)23-15(13-26)14-28-20-4-2-1-3-17(20)23/h1-6,11-12,14H,7-10H2. The highest BCUT2D eigenvalue weighted by atomic mass is 19.1. The molecule has 2 aromatic carbocycles. The zero-order chi connectivity index (χ0) is 20.7. The number of piperazine rings is 1. The fraction of sp³-hybridized carbons (Fsp3) is 0.174. The largest absolute Gasteiger partial charge is 0.367 e. The van der Waals surface area contributed by atoms with Crippen LogP contribution in [-0.4, -0.2) is 36.1 Å². The highest BCUT2D eigenvalue weighted by Gasteiger charge is 2.23. The molecule has 0 saturated carbocycles. The van der Waals surface area contributed by atoms with Crippen molar-refractivity contribution in [2.24, 2.45) is 0 Å². The first-order valence-electron chi connectivity index (χ1n) is 9.67. The van der Waals surface area contributed by atoms with E-state index in [4.69, 9.17) is 0 Å². The van der Waals surface area contributed by atoms with Gasteiger partial charge in [-0.15, -0.1) is 0 Å². The van der Waals surface area contributed by atoms with E-state index in [0.717, 1.165) is 28.3 Å². The summed E-state index contributed by atoms with van der Waals surface area (Å²) < 4.78 is 28.0. The maximum Gasteiger partial charge on any atom is 0.152 e. The van der Waals surface area contributed by atoms with E-state index in [2.05, 4.69) is 25.8 Å². The number of fused-ring (bicyclic) bond motifs is 2. The van der Waals surface area contributed by atoms with Gasteiger partial charge in [-0.25, -0.2) is 8.78 Å². The van der Waals surface area contributed by atoms with Crippen LogP contribution in [0.25, 0.3) is 21.8 Å². The lowest BCUT2D eigenvalue weighted by Gasteiger charge is -2.38. The molecule has 148 valence electrons. The number of aromatic nitrogens is 2. The number of hydrogen-bond donors (Lipinski definition) is 0. The maximum absolute atomic E-state index is 14.1. The number of nitriles is 1. The minimum Gasteiger partial charge on any atom is -0.367 e. The Morgan fingerprint density at radius 1 is 0.900 bits per heavy atom. The van der Waals surface area contributed by atoms with Crippen LogP contribution in [0.2, 0.25) is 0 Å². The van der Waals surface area contributed by atoms with Crippen LogP contribution in [-0.2, 0) is 0 Å². The topological polar surface area (TPSA) is 56.1 Å². The van der Waals surface area contributed by atoms with Gasteiger partial charge in [0.1, 0.15) is 17.4 Å². The SMILES string of the molecule is N#Cc1cnc2ccccc2c1N1CCN(c2ccnc3c(F)cc(F)cc23)CC1. The molecule has 4 aromatic rings. The van der Waals surface area contributed by atoms with Gasteiger partial charge in [-0.3, -0.25) is 9.97 Å². The van der Waals surface area contributed by atoms with Crippen LogP contribution < -0.4 is 9.80 Å². The molecule has 5 rings (SSSR count). The van der Waals surface area contributed by atoms with Gasteiger partial charge >= 0.3 is 0 Å². The Bertz CT molecular complexity index is 1310. The lowest BCUT2D eigenvalue weighted by atomic mass is 10.1. The molecule has 7 heteroatoms. The van der Waals surface area contributed by atoms with Crippen LogP contribution in [0.4, 0.5) is 20.2 Å². The first-order chi connectivity index (χ1) is 14.7. The number of halogens is 2. The van der Waals surface area contributed by atoms with Crippen molar-refractivity contribution >= 4 is 33.2 Å². The summed E-state index contributed by atoms with van der Waals surface area (Å²) in [4.78, 5) is 12.7. The molecule has 1 aliphatic heterocycles. The van der Waals surface area contributed by atoms with Gasteiger partial charge in [-0.2, -0.15) is 5.26 Å². The monoisotopic (exact) mass is 401 g/mol. The van der Waals surface area contributed by atoms with Crippen molar-refractivity contribution in [2.45, 2.75) is 0 Å². The smallest absolute Gasteiger partial charge is 0.152 e. The van der Waals surface area contributed by atoms with Gasteiger partial charge in [0.25, 0.3) is 0 Å². The Morgan fingerprint density at radius 2 is 1.67 bits per heavy atom. The molecule has 0 aliphatic carbocycles. The summed E-state index contributed by atoms with van der Waals surface area (Å²) in [6.07, 6.45) is 3.17. The van der Waals surface area contributed by atoms with Crippen LogP contribution in [0.1, 0.15) is 5.56 Å². The summed E-state index contributed by atoms with van der Waals surface area (Å²) in [7, 11) is 0. The number of anilines is 2. The van der Waals surface area contributed by atoms with Gasteiger partial charge in [0, 0.05) is 61.1 Å². The Hall–Kier alpha value is -3.79. The maximum atomic E-state index is 14.1. The molecule has 0 spiro atoms. The Labute approximate surface area is 171 Å². The van der Waals surface area contributed by atoms with Gasteiger partial charge < -0.3 is 9.80 Å². The third-order valence-electron chi connectivity index (χ3n) is 5.54. The zero-order valence-corrected chi connectivity index (χ0v) is 16.0. The highest BCUT2D eigenvalue weighted by Crippen LogP contribution is 2.32. The Kier molecular flexibility index (Phi) is 4.40. The van der Waals surface area contributed by atoms with Crippen molar-refractivity contribution in [3.05, 3.63) is 72.1 Å². The van der Waals surface area contributed by atoms with E-state index in [0.29, 0.717) is 37.1 Å². The number of pyridine rings is 2. The normalized spacial score (nSPS) is 14.3. The summed E-state index contributed by atoms with van der Waals surface area (Å²) in [5.41, 5.74) is 3.21. The van der Waals surface area contributed by atoms with Crippen LogP contribution in [0.15, 0.2) is 54.9 Å². The second-order valence-electron chi connectivity index (χ2n) is 7.24. The lowest BCUT2D eigenvalue weighted by Crippen LogP contribution is -2.47. The van der Waals surface area contributed by atoms with Crippen molar-refractivity contribution in [1.82, 2.24) is 9.97 Å². The van der Waals surface area contributed by atoms with Gasteiger partial charge in [0.2, 0.25) is 0 Å². The number of para-hydroxylation sites is 1. The Morgan fingerprint density at radius 3 is 2.47 bits per heavy atom. The molecule has 1 fully saturated rings. The number of hydrogen-bond acceptors (Lipinski definition) is 5. The van der Waals surface area contributed by atoms with Crippen LogP contribution in [0, 0.1) is 23.0 Å². The second-order valence-corrected chi connectivity index (χ2v) is 7.24. The molecule has 1 aliphatic rings. The number of nitrogens with zero attached hydrogens (tertiary/aromatic N) is 5. The minimum absolute atomic E-state index is 0.170. The summed E-state index contributed by atoms with van der Waals surface area (Å²) in [5.74, 6) is -1.28. The van der Waals surface area contributed by atoms with Crippen LogP contribution >= 0.6 is 0 Å². The number of benzene rings is 2. The molecular formula is C23H17F2N5. The average Bonchev–Trinajstić information content (AvgIpc) is 2.78. The van der Waals surface area contributed by atoms with Gasteiger partial charge in [0.15, 0.2) is 5.82 Å². The van der Waals surface area contributed by atoms with Crippen molar-refractivity contribution in [2.75, 3.05) is 36.0 Å². The van der Waals surface area contributed by atoms with E-state index in [1.165, 1.54) is 6.07 Å². The van der Waals surface area contributed by atoms with Crippen molar-refractivity contribution < 1.29 is 8.78 Å². The molecule has 0 bridgehead atoms.